The van der Waals surface area contributed by atoms with Crippen molar-refractivity contribution >= 4 is 27.7 Å². The van der Waals surface area contributed by atoms with Crippen LogP contribution < -0.4 is 14.4 Å². The molecular weight excluding hydrogens is 480 g/mol. The van der Waals surface area contributed by atoms with Crippen LogP contribution in [0.25, 0.3) is 0 Å². The molecule has 0 aliphatic carbocycles. The predicted octanol–water partition coefficient (Wildman–Crippen LogP) is 3.03. The molecule has 0 bridgehead atoms. The highest BCUT2D eigenvalue weighted by Gasteiger charge is 2.34. The highest BCUT2D eigenvalue weighted by Crippen LogP contribution is 2.22. The average Bonchev–Trinajstić information content (AvgIpc) is 2.87. The molecule has 0 aliphatic heterocycles. The molecule has 2 aromatic carbocycles. The second kappa shape index (κ2) is 13.3. The first-order valence-electron chi connectivity index (χ1n) is 12.0. The van der Waals surface area contributed by atoms with Crippen molar-refractivity contribution in [1.29, 1.82) is 0 Å². The van der Waals surface area contributed by atoms with E-state index in [4.69, 9.17) is 4.74 Å². The average molecular weight is 519 g/mol. The minimum Gasteiger partial charge on any atom is -0.497 e. The van der Waals surface area contributed by atoms with E-state index >= 15 is 0 Å². The molecule has 2 atom stereocenters. The summed E-state index contributed by atoms with van der Waals surface area (Å²) in [6, 6.07) is 14.9. The van der Waals surface area contributed by atoms with E-state index < -0.39 is 28.7 Å². The Balaban J connectivity index is 2.49. The van der Waals surface area contributed by atoms with Gasteiger partial charge in [-0.15, -0.1) is 0 Å². The first-order valence-corrected chi connectivity index (χ1v) is 13.4. The fourth-order valence-electron chi connectivity index (χ4n) is 3.64. The van der Waals surface area contributed by atoms with Crippen LogP contribution in [0.3, 0.4) is 0 Å². The summed E-state index contributed by atoms with van der Waals surface area (Å²) in [5.41, 5.74) is 1.12. The maximum absolute atomic E-state index is 13.8. The Morgan fingerprint density at radius 1 is 1.00 bits per heavy atom. The van der Waals surface area contributed by atoms with E-state index in [1.54, 1.807) is 49.6 Å². The van der Waals surface area contributed by atoms with Gasteiger partial charge in [0.1, 0.15) is 18.3 Å². The molecule has 198 valence electrons. The van der Waals surface area contributed by atoms with Crippen LogP contribution in [0.5, 0.6) is 5.75 Å². The van der Waals surface area contributed by atoms with Gasteiger partial charge in [0.2, 0.25) is 11.8 Å². The minimum atomic E-state index is -3.98. The van der Waals surface area contributed by atoms with Crippen LogP contribution in [0, 0.1) is 0 Å². The number of hydrogen-bond donors (Lipinski definition) is 1. The highest BCUT2D eigenvalue weighted by molar-refractivity contribution is 7.90. The molecule has 2 amide bonds. The lowest BCUT2D eigenvalue weighted by Crippen LogP contribution is -2.54. The topological polar surface area (TPSA) is 99.3 Å². The van der Waals surface area contributed by atoms with Crippen molar-refractivity contribution in [1.82, 2.24) is 14.5 Å². The summed E-state index contributed by atoms with van der Waals surface area (Å²) >= 11 is 0. The van der Waals surface area contributed by atoms with Crippen LogP contribution in [0.4, 0.5) is 5.69 Å². The zero-order chi connectivity index (χ0) is 26.9. The number of benzene rings is 2. The molecule has 1 N–H and O–H groups in total. The predicted molar refractivity (Wildman–Crippen MR) is 142 cm³/mol. The van der Waals surface area contributed by atoms with Gasteiger partial charge in [0, 0.05) is 26.7 Å². The SMILES string of the molecule is CC[C@H](C)NC(=O)[C@H](CC)N(Cc1cccc(OC)c1)C(=O)CN(c1ccccc1)S(=O)(=O)N(C)C. The Morgan fingerprint density at radius 2 is 1.67 bits per heavy atom. The monoisotopic (exact) mass is 518 g/mol. The number of anilines is 1. The molecule has 0 saturated heterocycles. The number of para-hydroxylation sites is 1. The fourth-order valence-corrected chi connectivity index (χ4v) is 4.70. The quantitative estimate of drug-likeness (QED) is 0.440. The van der Waals surface area contributed by atoms with Crippen LogP contribution in [-0.2, 0) is 26.3 Å². The zero-order valence-electron chi connectivity index (χ0n) is 22.0. The Bertz CT molecular complexity index is 1110. The molecule has 10 heteroatoms. The normalized spacial score (nSPS) is 13.1. The number of methoxy groups -OCH3 is 1. The number of amides is 2. The Kier molecular flexibility index (Phi) is 10.7. The highest BCUT2D eigenvalue weighted by atomic mass is 32.2. The number of rotatable bonds is 13. The largest absolute Gasteiger partial charge is 0.497 e. The summed E-state index contributed by atoms with van der Waals surface area (Å²) in [5, 5.41) is 2.96. The van der Waals surface area contributed by atoms with Gasteiger partial charge in [0.15, 0.2) is 0 Å². The van der Waals surface area contributed by atoms with Gasteiger partial charge in [-0.1, -0.05) is 44.2 Å². The minimum absolute atomic E-state index is 0.0599. The second-order valence-electron chi connectivity index (χ2n) is 8.75. The van der Waals surface area contributed by atoms with Crippen molar-refractivity contribution in [3.8, 4) is 5.75 Å². The number of carbonyl (C=O) groups is 2. The Labute approximate surface area is 215 Å². The number of carbonyl (C=O) groups excluding carboxylic acids is 2. The Morgan fingerprint density at radius 3 is 2.22 bits per heavy atom. The summed E-state index contributed by atoms with van der Waals surface area (Å²) < 4.78 is 33.8. The van der Waals surface area contributed by atoms with Gasteiger partial charge in [-0.3, -0.25) is 9.59 Å². The first-order chi connectivity index (χ1) is 17.0. The third-order valence-corrected chi connectivity index (χ3v) is 7.76. The van der Waals surface area contributed by atoms with Crippen LogP contribution in [-0.4, -0.2) is 69.3 Å². The fraction of sp³-hybridized carbons (Fsp3) is 0.462. The number of nitrogens with zero attached hydrogens (tertiary/aromatic N) is 3. The third kappa shape index (κ3) is 7.44. The summed E-state index contributed by atoms with van der Waals surface area (Å²) in [4.78, 5) is 28.5. The summed E-state index contributed by atoms with van der Waals surface area (Å²) in [6.07, 6.45) is 1.11. The number of ether oxygens (including phenoxy) is 1. The molecule has 0 fully saturated rings. The summed E-state index contributed by atoms with van der Waals surface area (Å²) in [6.45, 7) is 5.36. The Hall–Kier alpha value is -3.11. The molecule has 9 nitrogen and oxygen atoms in total. The van der Waals surface area contributed by atoms with Crippen molar-refractivity contribution in [3.63, 3.8) is 0 Å². The van der Waals surface area contributed by atoms with Crippen LogP contribution in [0.2, 0.25) is 0 Å². The molecule has 0 spiro atoms. The van der Waals surface area contributed by atoms with Crippen molar-refractivity contribution in [3.05, 3.63) is 60.2 Å². The van der Waals surface area contributed by atoms with Crippen molar-refractivity contribution in [2.45, 2.75) is 52.2 Å². The number of hydrogen-bond acceptors (Lipinski definition) is 5. The van der Waals surface area contributed by atoms with Gasteiger partial charge >= 0.3 is 10.2 Å². The van der Waals surface area contributed by atoms with E-state index in [-0.39, 0.29) is 18.5 Å². The van der Waals surface area contributed by atoms with Crippen LogP contribution >= 0.6 is 0 Å². The first kappa shape index (κ1) is 29.1. The molecule has 2 rings (SSSR count). The zero-order valence-corrected chi connectivity index (χ0v) is 22.8. The van der Waals surface area contributed by atoms with Gasteiger partial charge < -0.3 is 15.0 Å². The molecule has 0 heterocycles. The van der Waals surface area contributed by atoms with E-state index in [1.165, 1.54) is 19.0 Å². The standard InChI is InChI=1S/C26H38N4O5S/c1-7-20(3)27-26(32)24(8-2)29(18-21-13-12-16-23(17-21)35-6)25(31)19-30(36(33,34)28(4)5)22-14-10-9-11-15-22/h9-17,20,24H,7-8,18-19H2,1-6H3,(H,27,32)/t20-,24-/m0/s1. The maximum atomic E-state index is 13.8. The van der Waals surface area contributed by atoms with E-state index in [0.717, 1.165) is 20.6 Å². The smallest absolute Gasteiger partial charge is 0.304 e. The van der Waals surface area contributed by atoms with E-state index in [9.17, 15) is 18.0 Å². The van der Waals surface area contributed by atoms with E-state index in [2.05, 4.69) is 5.32 Å². The molecule has 0 aliphatic rings. The molecule has 0 radical (unpaired) electrons. The lowest BCUT2D eigenvalue weighted by molar-refractivity contribution is -0.140. The van der Waals surface area contributed by atoms with E-state index in [0.29, 0.717) is 17.9 Å². The second-order valence-corrected chi connectivity index (χ2v) is 10.8. The van der Waals surface area contributed by atoms with Gasteiger partial charge in [0.25, 0.3) is 0 Å². The van der Waals surface area contributed by atoms with Crippen LogP contribution in [0.1, 0.15) is 39.2 Å². The molecule has 36 heavy (non-hydrogen) atoms. The van der Waals surface area contributed by atoms with Gasteiger partial charge in [-0.2, -0.15) is 12.7 Å². The third-order valence-electron chi connectivity index (χ3n) is 5.94. The van der Waals surface area contributed by atoms with Crippen LogP contribution in [0.15, 0.2) is 54.6 Å². The van der Waals surface area contributed by atoms with Crippen molar-refractivity contribution < 1.29 is 22.7 Å². The molecule has 2 aromatic rings. The van der Waals surface area contributed by atoms with Gasteiger partial charge in [-0.05, 0) is 49.6 Å². The summed E-state index contributed by atoms with van der Waals surface area (Å²) in [5.74, 6) is -0.138. The maximum Gasteiger partial charge on any atom is 0.304 e. The number of nitrogens with one attached hydrogen (secondary N) is 1. The van der Waals surface area contributed by atoms with E-state index in [1.807, 2.05) is 32.9 Å². The molecule has 0 saturated carbocycles. The van der Waals surface area contributed by atoms with Crippen molar-refractivity contribution in [2.24, 2.45) is 0 Å². The molecular formula is C26H38N4O5S. The summed E-state index contributed by atoms with van der Waals surface area (Å²) in [7, 11) is 0.404. The lowest BCUT2D eigenvalue weighted by atomic mass is 10.1. The van der Waals surface area contributed by atoms with Gasteiger partial charge in [0.05, 0.1) is 12.8 Å². The lowest BCUT2D eigenvalue weighted by Gasteiger charge is -2.34. The van der Waals surface area contributed by atoms with Crippen molar-refractivity contribution in [2.75, 3.05) is 32.1 Å². The molecule has 0 aromatic heterocycles. The molecule has 0 unspecified atom stereocenters. The van der Waals surface area contributed by atoms with Gasteiger partial charge in [-0.25, -0.2) is 4.31 Å².